The first kappa shape index (κ1) is 17.8. The van der Waals surface area contributed by atoms with Crippen molar-refractivity contribution in [2.75, 3.05) is 5.32 Å². The minimum absolute atomic E-state index is 0.0242. The lowest BCUT2D eigenvalue weighted by Gasteiger charge is -2.21. The van der Waals surface area contributed by atoms with Gasteiger partial charge in [-0.25, -0.2) is 13.1 Å². The Morgan fingerprint density at radius 1 is 1.19 bits per heavy atom. The molecule has 3 atom stereocenters. The molecule has 4 rings (SSSR count). The molecule has 1 aromatic heterocycles. The molecular weight excluding hydrogens is 396 g/mol. The van der Waals surface area contributed by atoms with Crippen LogP contribution < -0.4 is 10.0 Å². The fourth-order valence-corrected chi connectivity index (χ4v) is 6.27. The van der Waals surface area contributed by atoms with Crippen LogP contribution in [0, 0.1) is 11.8 Å². The van der Waals surface area contributed by atoms with Gasteiger partial charge in [0.15, 0.2) is 0 Å². The number of hydrogen-bond donors (Lipinski definition) is 2. The van der Waals surface area contributed by atoms with Gasteiger partial charge in [0.05, 0.1) is 10.6 Å². The monoisotopic (exact) mass is 412 g/mol. The van der Waals surface area contributed by atoms with E-state index < -0.39 is 15.9 Å². The maximum absolute atomic E-state index is 12.6. The van der Waals surface area contributed by atoms with Gasteiger partial charge in [0.2, 0.25) is 9.47 Å². The van der Waals surface area contributed by atoms with E-state index in [2.05, 4.69) is 20.2 Å². The molecule has 2 bridgehead atoms. The van der Waals surface area contributed by atoms with Crippen molar-refractivity contribution in [3.05, 3.63) is 34.9 Å². The number of carbonyl (C=O) groups is 1. The molecule has 2 saturated carbocycles. The average molecular weight is 413 g/mol. The van der Waals surface area contributed by atoms with Gasteiger partial charge in [0.25, 0.3) is 15.9 Å². The Bertz CT molecular complexity index is 946. The molecule has 2 fully saturated rings. The molecule has 0 aliphatic heterocycles. The number of aromatic nitrogens is 2. The maximum Gasteiger partial charge on any atom is 0.270 e. The molecule has 0 unspecified atom stereocenters. The van der Waals surface area contributed by atoms with Crippen LogP contribution >= 0.6 is 22.9 Å². The van der Waals surface area contributed by atoms with Crippen molar-refractivity contribution in [2.45, 2.75) is 36.1 Å². The Hall–Kier alpha value is -1.55. The number of carbonyl (C=O) groups excluding carboxylic acids is 1. The molecule has 1 amide bonds. The summed E-state index contributed by atoms with van der Waals surface area (Å²) in [5, 5.41) is 10.5. The van der Waals surface area contributed by atoms with Crippen LogP contribution in [0.5, 0.6) is 0 Å². The highest BCUT2D eigenvalue weighted by molar-refractivity contribution is 7.91. The van der Waals surface area contributed by atoms with E-state index in [4.69, 9.17) is 11.6 Å². The van der Waals surface area contributed by atoms with Crippen molar-refractivity contribution in [1.82, 2.24) is 14.9 Å². The van der Waals surface area contributed by atoms with Crippen LogP contribution in [0.25, 0.3) is 0 Å². The summed E-state index contributed by atoms with van der Waals surface area (Å²) in [5.74, 6) is 0.589. The SMILES string of the molecule is O=C(Nc1nnc(S(=O)(=O)N[C@H]2C[C@@H]3CC[C@@H]2C3)s1)c1ccccc1Cl. The number of amides is 1. The number of halogens is 1. The van der Waals surface area contributed by atoms with Gasteiger partial charge in [0.1, 0.15) is 0 Å². The van der Waals surface area contributed by atoms with Crippen LogP contribution in [0.4, 0.5) is 5.13 Å². The van der Waals surface area contributed by atoms with E-state index >= 15 is 0 Å². The lowest BCUT2D eigenvalue weighted by Crippen LogP contribution is -2.38. The second-order valence-corrected chi connectivity index (χ2v) is 9.98. The number of rotatable bonds is 5. The summed E-state index contributed by atoms with van der Waals surface area (Å²) in [7, 11) is -3.74. The summed E-state index contributed by atoms with van der Waals surface area (Å²) in [4.78, 5) is 12.2. The summed E-state index contributed by atoms with van der Waals surface area (Å²) >= 11 is 6.81. The van der Waals surface area contributed by atoms with Crippen LogP contribution in [0.1, 0.15) is 36.0 Å². The Morgan fingerprint density at radius 2 is 2.00 bits per heavy atom. The fourth-order valence-electron chi connectivity index (χ4n) is 3.82. The van der Waals surface area contributed by atoms with Crippen LogP contribution in [0.3, 0.4) is 0 Å². The van der Waals surface area contributed by atoms with E-state index in [9.17, 15) is 13.2 Å². The van der Waals surface area contributed by atoms with Gasteiger partial charge in [0, 0.05) is 6.04 Å². The smallest absolute Gasteiger partial charge is 0.270 e. The first-order valence-electron chi connectivity index (χ1n) is 8.34. The van der Waals surface area contributed by atoms with Crippen LogP contribution in [-0.2, 0) is 10.0 Å². The van der Waals surface area contributed by atoms with Crippen molar-refractivity contribution in [1.29, 1.82) is 0 Å². The molecule has 1 heterocycles. The molecule has 1 aromatic carbocycles. The zero-order valence-corrected chi connectivity index (χ0v) is 16.1. The molecule has 0 spiro atoms. The van der Waals surface area contributed by atoms with Crippen molar-refractivity contribution < 1.29 is 13.2 Å². The average Bonchev–Trinajstić information content (AvgIpc) is 3.31. The zero-order chi connectivity index (χ0) is 18.3. The van der Waals surface area contributed by atoms with Crippen LogP contribution in [0.2, 0.25) is 5.02 Å². The second kappa shape index (κ2) is 6.88. The summed E-state index contributed by atoms with van der Waals surface area (Å²) in [6, 6.07) is 6.56. The molecule has 10 heteroatoms. The molecule has 2 aliphatic rings. The molecule has 2 N–H and O–H groups in total. The van der Waals surface area contributed by atoms with E-state index in [-0.39, 0.29) is 21.1 Å². The third kappa shape index (κ3) is 3.48. The van der Waals surface area contributed by atoms with Gasteiger partial charge in [-0.05, 0) is 43.2 Å². The van der Waals surface area contributed by atoms with E-state index in [1.807, 2.05) is 0 Å². The normalized spacial score (nSPS) is 24.7. The van der Waals surface area contributed by atoms with Gasteiger partial charge in [-0.2, -0.15) is 0 Å². The lowest BCUT2D eigenvalue weighted by molar-refractivity contribution is 0.102. The van der Waals surface area contributed by atoms with E-state index in [0.29, 0.717) is 16.9 Å². The number of benzene rings is 1. The quantitative estimate of drug-likeness (QED) is 0.735. The Morgan fingerprint density at radius 3 is 2.69 bits per heavy atom. The number of hydrogen-bond acceptors (Lipinski definition) is 6. The maximum atomic E-state index is 12.6. The molecule has 2 aromatic rings. The van der Waals surface area contributed by atoms with Gasteiger partial charge in [-0.3, -0.25) is 10.1 Å². The lowest BCUT2D eigenvalue weighted by atomic mass is 9.96. The highest BCUT2D eigenvalue weighted by atomic mass is 35.5. The first-order valence-corrected chi connectivity index (χ1v) is 11.0. The number of nitrogens with one attached hydrogen (secondary N) is 2. The summed E-state index contributed by atoms with van der Waals surface area (Å²) in [6.45, 7) is 0. The number of anilines is 1. The second-order valence-electron chi connectivity index (χ2n) is 6.71. The van der Waals surface area contributed by atoms with E-state index in [0.717, 1.165) is 30.6 Å². The Kier molecular flexibility index (Phi) is 4.72. The van der Waals surface area contributed by atoms with Gasteiger partial charge >= 0.3 is 0 Å². The highest BCUT2D eigenvalue weighted by Gasteiger charge is 2.41. The highest BCUT2D eigenvalue weighted by Crippen LogP contribution is 2.44. The molecule has 138 valence electrons. The van der Waals surface area contributed by atoms with E-state index in [1.54, 1.807) is 24.3 Å². The summed E-state index contributed by atoms with van der Waals surface area (Å²) < 4.78 is 27.7. The van der Waals surface area contributed by atoms with Crippen molar-refractivity contribution in [2.24, 2.45) is 11.8 Å². The zero-order valence-electron chi connectivity index (χ0n) is 13.7. The third-order valence-corrected chi connectivity index (χ3v) is 8.05. The summed E-state index contributed by atoms with van der Waals surface area (Å²) in [5.41, 5.74) is 0.286. The largest absolute Gasteiger partial charge is 0.296 e. The Labute approximate surface area is 160 Å². The number of nitrogens with zero attached hydrogens (tertiary/aromatic N) is 2. The van der Waals surface area contributed by atoms with Gasteiger partial charge < -0.3 is 0 Å². The molecule has 0 radical (unpaired) electrons. The molecule has 7 nitrogen and oxygen atoms in total. The molecule has 26 heavy (non-hydrogen) atoms. The minimum atomic E-state index is -3.74. The standard InChI is InChI=1S/C16H17ClN4O3S2/c17-12-4-2-1-3-11(12)14(22)18-15-19-20-16(25-15)26(23,24)21-13-8-9-5-6-10(13)7-9/h1-4,9-10,13,21H,5-8H2,(H,18,19,22)/t9-,10-,13+/m1/s1. The van der Waals surface area contributed by atoms with Gasteiger partial charge in [-0.1, -0.05) is 41.5 Å². The van der Waals surface area contributed by atoms with E-state index in [1.165, 1.54) is 6.42 Å². The van der Waals surface area contributed by atoms with Crippen LogP contribution in [0.15, 0.2) is 28.6 Å². The molecule has 0 saturated heterocycles. The van der Waals surface area contributed by atoms with Crippen LogP contribution in [-0.4, -0.2) is 30.6 Å². The Balaban J connectivity index is 1.45. The minimum Gasteiger partial charge on any atom is -0.296 e. The number of fused-ring (bicyclic) bond motifs is 2. The van der Waals surface area contributed by atoms with Gasteiger partial charge in [-0.15, -0.1) is 10.2 Å². The van der Waals surface area contributed by atoms with Crippen molar-refractivity contribution >= 4 is 44.0 Å². The first-order chi connectivity index (χ1) is 12.4. The predicted octanol–water partition coefficient (Wildman–Crippen LogP) is 2.91. The predicted molar refractivity (Wildman–Crippen MR) is 98.9 cm³/mol. The summed E-state index contributed by atoms with van der Waals surface area (Å²) in [6.07, 6.45) is 4.26. The van der Waals surface area contributed by atoms with Crippen molar-refractivity contribution in [3.63, 3.8) is 0 Å². The molecular formula is C16H17ClN4O3S2. The topological polar surface area (TPSA) is 101 Å². The third-order valence-electron chi connectivity index (χ3n) is 5.02. The fraction of sp³-hybridized carbons (Fsp3) is 0.438. The van der Waals surface area contributed by atoms with Crippen molar-refractivity contribution in [3.8, 4) is 0 Å². The number of sulfonamides is 1. The molecule has 2 aliphatic carbocycles.